The standard InChI is InChI=1S/C21H22ClNO3/c1-3-15(2)18-6-4-5-7-19(18)23-20(24)14-26-21(25)13-10-16-8-11-17(22)12-9-16/h4-13,15H,3,14H2,1-2H3,(H,23,24)/b13-10+/t15-/m0/s1. The van der Waals surface area contributed by atoms with Crippen LogP contribution in [-0.2, 0) is 14.3 Å². The zero-order chi connectivity index (χ0) is 18.9. The second-order valence-corrected chi connectivity index (χ2v) is 6.37. The third-order valence-corrected chi connectivity index (χ3v) is 4.26. The quantitative estimate of drug-likeness (QED) is 0.547. The second kappa shape index (κ2) is 9.78. The fraction of sp³-hybridized carbons (Fsp3) is 0.238. The molecule has 0 aliphatic heterocycles. The molecule has 0 radical (unpaired) electrons. The Bertz CT molecular complexity index is 784. The van der Waals surface area contributed by atoms with Gasteiger partial charge in [0.25, 0.3) is 5.91 Å². The molecule has 1 atom stereocenters. The van der Waals surface area contributed by atoms with Gasteiger partial charge in [0, 0.05) is 16.8 Å². The largest absolute Gasteiger partial charge is 0.452 e. The van der Waals surface area contributed by atoms with Gasteiger partial charge in [0.1, 0.15) is 0 Å². The van der Waals surface area contributed by atoms with Gasteiger partial charge >= 0.3 is 5.97 Å². The summed E-state index contributed by atoms with van der Waals surface area (Å²) in [6.07, 6.45) is 3.86. The van der Waals surface area contributed by atoms with E-state index in [0.717, 1.165) is 23.2 Å². The molecule has 0 aliphatic carbocycles. The van der Waals surface area contributed by atoms with Gasteiger partial charge < -0.3 is 10.1 Å². The van der Waals surface area contributed by atoms with Crippen molar-refractivity contribution in [3.8, 4) is 0 Å². The Morgan fingerprint density at radius 1 is 1.15 bits per heavy atom. The molecule has 0 saturated carbocycles. The van der Waals surface area contributed by atoms with Crippen molar-refractivity contribution in [1.82, 2.24) is 0 Å². The lowest BCUT2D eigenvalue weighted by Gasteiger charge is -2.15. The summed E-state index contributed by atoms with van der Waals surface area (Å²) in [6, 6.07) is 14.7. The van der Waals surface area contributed by atoms with Crippen molar-refractivity contribution in [2.24, 2.45) is 0 Å². The summed E-state index contributed by atoms with van der Waals surface area (Å²) >= 11 is 5.81. The average Bonchev–Trinajstić information content (AvgIpc) is 2.65. The van der Waals surface area contributed by atoms with Crippen LogP contribution < -0.4 is 5.32 Å². The average molecular weight is 372 g/mol. The van der Waals surface area contributed by atoms with Gasteiger partial charge in [0.05, 0.1) is 0 Å². The summed E-state index contributed by atoms with van der Waals surface area (Å²) in [5.74, 6) is -0.615. The van der Waals surface area contributed by atoms with E-state index in [0.29, 0.717) is 10.9 Å². The molecule has 5 heteroatoms. The molecule has 0 heterocycles. The van der Waals surface area contributed by atoms with Crippen LogP contribution in [0.4, 0.5) is 5.69 Å². The molecule has 1 amide bonds. The highest BCUT2D eigenvalue weighted by atomic mass is 35.5. The molecule has 26 heavy (non-hydrogen) atoms. The molecular weight excluding hydrogens is 350 g/mol. The van der Waals surface area contributed by atoms with Crippen molar-refractivity contribution in [2.45, 2.75) is 26.2 Å². The Labute approximate surface area is 158 Å². The molecule has 2 aromatic carbocycles. The maximum Gasteiger partial charge on any atom is 0.331 e. The predicted octanol–water partition coefficient (Wildman–Crippen LogP) is 5.05. The van der Waals surface area contributed by atoms with Gasteiger partial charge in [-0.3, -0.25) is 4.79 Å². The summed E-state index contributed by atoms with van der Waals surface area (Å²) in [5.41, 5.74) is 2.63. The normalized spacial score (nSPS) is 12.0. The van der Waals surface area contributed by atoms with Crippen LogP contribution in [0.5, 0.6) is 0 Å². The molecule has 0 saturated heterocycles. The van der Waals surface area contributed by atoms with E-state index >= 15 is 0 Å². The van der Waals surface area contributed by atoms with Gasteiger partial charge in [-0.15, -0.1) is 0 Å². The topological polar surface area (TPSA) is 55.4 Å². The number of para-hydroxylation sites is 1. The van der Waals surface area contributed by atoms with E-state index in [4.69, 9.17) is 16.3 Å². The summed E-state index contributed by atoms with van der Waals surface area (Å²) in [4.78, 5) is 23.8. The zero-order valence-corrected chi connectivity index (χ0v) is 15.6. The molecule has 2 rings (SSSR count). The van der Waals surface area contributed by atoms with Crippen molar-refractivity contribution in [3.05, 3.63) is 70.8 Å². The first-order chi connectivity index (χ1) is 12.5. The van der Waals surface area contributed by atoms with Crippen molar-refractivity contribution < 1.29 is 14.3 Å². The minimum Gasteiger partial charge on any atom is -0.452 e. The first-order valence-electron chi connectivity index (χ1n) is 8.48. The number of rotatable bonds is 7. The minimum atomic E-state index is -0.578. The van der Waals surface area contributed by atoms with Crippen LogP contribution in [-0.4, -0.2) is 18.5 Å². The molecule has 0 fully saturated rings. The highest BCUT2D eigenvalue weighted by molar-refractivity contribution is 6.30. The number of carbonyl (C=O) groups is 2. The Morgan fingerprint density at radius 3 is 2.54 bits per heavy atom. The van der Waals surface area contributed by atoms with E-state index in [-0.39, 0.29) is 12.5 Å². The number of benzene rings is 2. The molecule has 0 aromatic heterocycles. The third kappa shape index (κ3) is 6.05. The minimum absolute atomic E-state index is 0.330. The molecule has 0 bridgehead atoms. The fourth-order valence-electron chi connectivity index (χ4n) is 2.37. The molecule has 0 aliphatic rings. The predicted molar refractivity (Wildman–Crippen MR) is 105 cm³/mol. The zero-order valence-electron chi connectivity index (χ0n) is 14.9. The van der Waals surface area contributed by atoms with Crippen LogP contribution >= 0.6 is 11.6 Å². The number of amides is 1. The third-order valence-electron chi connectivity index (χ3n) is 4.01. The van der Waals surface area contributed by atoms with Gasteiger partial charge in [0.15, 0.2) is 6.61 Å². The highest BCUT2D eigenvalue weighted by Gasteiger charge is 2.12. The van der Waals surface area contributed by atoms with Gasteiger partial charge in [0.2, 0.25) is 0 Å². The molecule has 0 unspecified atom stereocenters. The van der Waals surface area contributed by atoms with Crippen molar-refractivity contribution in [3.63, 3.8) is 0 Å². The maximum atomic E-state index is 12.1. The van der Waals surface area contributed by atoms with Crippen LogP contribution in [0.25, 0.3) is 6.08 Å². The first-order valence-corrected chi connectivity index (χ1v) is 8.86. The van der Waals surface area contributed by atoms with E-state index in [9.17, 15) is 9.59 Å². The number of carbonyl (C=O) groups excluding carboxylic acids is 2. The summed E-state index contributed by atoms with van der Waals surface area (Å²) in [6.45, 7) is 3.86. The van der Waals surface area contributed by atoms with Crippen LogP contribution in [0.3, 0.4) is 0 Å². The molecule has 1 N–H and O–H groups in total. The number of hydrogen-bond donors (Lipinski definition) is 1. The molecular formula is C21H22ClNO3. The Morgan fingerprint density at radius 2 is 1.85 bits per heavy atom. The van der Waals surface area contributed by atoms with Gasteiger partial charge in [-0.05, 0) is 47.7 Å². The first kappa shape index (κ1) is 19.7. The number of halogens is 1. The van der Waals surface area contributed by atoms with E-state index in [1.807, 2.05) is 24.3 Å². The molecule has 4 nitrogen and oxygen atoms in total. The van der Waals surface area contributed by atoms with E-state index in [2.05, 4.69) is 19.2 Å². The number of nitrogens with one attached hydrogen (secondary N) is 1. The maximum absolute atomic E-state index is 12.1. The van der Waals surface area contributed by atoms with Crippen LogP contribution in [0.2, 0.25) is 5.02 Å². The Balaban J connectivity index is 1.87. The Hall–Kier alpha value is -2.59. The van der Waals surface area contributed by atoms with E-state index in [1.165, 1.54) is 6.08 Å². The lowest BCUT2D eigenvalue weighted by atomic mass is 9.97. The molecule has 136 valence electrons. The van der Waals surface area contributed by atoms with Crippen LogP contribution in [0.1, 0.15) is 37.3 Å². The summed E-state index contributed by atoms with van der Waals surface area (Å²) < 4.78 is 4.98. The van der Waals surface area contributed by atoms with Crippen molar-refractivity contribution >= 4 is 35.2 Å². The fourth-order valence-corrected chi connectivity index (χ4v) is 2.50. The highest BCUT2D eigenvalue weighted by Crippen LogP contribution is 2.26. The van der Waals surface area contributed by atoms with E-state index < -0.39 is 5.97 Å². The van der Waals surface area contributed by atoms with Gasteiger partial charge in [-0.25, -0.2) is 4.79 Å². The van der Waals surface area contributed by atoms with Crippen molar-refractivity contribution in [2.75, 3.05) is 11.9 Å². The summed E-state index contributed by atoms with van der Waals surface area (Å²) in [7, 11) is 0. The Kier molecular flexibility index (Phi) is 7.42. The SMILES string of the molecule is CC[C@H](C)c1ccccc1NC(=O)COC(=O)/C=C/c1ccc(Cl)cc1. The summed E-state index contributed by atoms with van der Waals surface area (Å²) in [5, 5.41) is 3.43. The van der Waals surface area contributed by atoms with Crippen LogP contribution in [0.15, 0.2) is 54.6 Å². The number of hydrogen-bond acceptors (Lipinski definition) is 3. The van der Waals surface area contributed by atoms with Gasteiger partial charge in [-0.2, -0.15) is 0 Å². The van der Waals surface area contributed by atoms with Crippen LogP contribution in [0, 0.1) is 0 Å². The van der Waals surface area contributed by atoms with Gasteiger partial charge in [-0.1, -0.05) is 55.8 Å². The monoisotopic (exact) mass is 371 g/mol. The number of anilines is 1. The smallest absolute Gasteiger partial charge is 0.331 e. The number of esters is 1. The molecule has 0 spiro atoms. The molecule has 2 aromatic rings. The second-order valence-electron chi connectivity index (χ2n) is 5.94. The van der Waals surface area contributed by atoms with Crippen molar-refractivity contribution in [1.29, 1.82) is 0 Å². The number of ether oxygens (including phenoxy) is 1. The lowest BCUT2D eigenvalue weighted by Crippen LogP contribution is -2.21. The lowest BCUT2D eigenvalue weighted by molar-refractivity contribution is -0.142. The van der Waals surface area contributed by atoms with E-state index in [1.54, 1.807) is 30.3 Å².